The van der Waals surface area contributed by atoms with E-state index in [2.05, 4.69) is 5.32 Å². The van der Waals surface area contributed by atoms with Gasteiger partial charge in [0.1, 0.15) is 6.04 Å². The Morgan fingerprint density at radius 1 is 1.33 bits per heavy atom. The third-order valence-corrected chi connectivity index (χ3v) is 3.98. The van der Waals surface area contributed by atoms with E-state index in [4.69, 9.17) is 4.74 Å². The van der Waals surface area contributed by atoms with Gasteiger partial charge in [0.15, 0.2) is 0 Å². The summed E-state index contributed by atoms with van der Waals surface area (Å²) in [6.45, 7) is 0.749. The number of rotatable bonds is 6. The Hall–Kier alpha value is -2.41. The highest BCUT2D eigenvalue weighted by Gasteiger charge is 2.32. The van der Waals surface area contributed by atoms with E-state index in [1.807, 2.05) is 0 Å². The molecule has 7 nitrogen and oxygen atoms in total. The Kier molecular flexibility index (Phi) is 6.31. The summed E-state index contributed by atoms with van der Waals surface area (Å²) < 4.78 is 4.85. The van der Waals surface area contributed by atoms with E-state index in [1.165, 1.54) is 12.0 Å². The Bertz CT molecular complexity index is 617. The van der Waals surface area contributed by atoms with Crippen molar-refractivity contribution >= 4 is 23.5 Å². The summed E-state index contributed by atoms with van der Waals surface area (Å²) >= 11 is 0. The number of carbonyl (C=O) groups excluding carboxylic acids is 2. The number of methoxy groups -OCH3 is 1. The van der Waals surface area contributed by atoms with E-state index in [0.29, 0.717) is 30.8 Å². The number of likely N-dealkylation sites (tertiary alicyclic amines) is 1. The number of nitrogens with one attached hydrogen (secondary N) is 1. The molecule has 2 rings (SSSR count). The fourth-order valence-electron chi connectivity index (χ4n) is 2.75. The van der Waals surface area contributed by atoms with Gasteiger partial charge in [-0.05, 0) is 37.5 Å². The van der Waals surface area contributed by atoms with E-state index >= 15 is 0 Å². The molecule has 1 saturated heterocycles. The molecule has 0 spiro atoms. The summed E-state index contributed by atoms with van der Waals surface area (Å²) in [5, 5.41) is 12.0. The van der Waals surface area contributed by atoms with Crippen molar-refractivity contribution in [2.75, 3.05) is 25.6 Å². The van der Waals surface area contributed by atoms with Gasteiger partial charge in [0.05, 0.1) is 13.0 Å². The number of carbonyl (C=O) groups is 3. The molecule has 1 aliphatic rings. The first kappa shape index (κ1) is 17.9. The fourth-order valence-corrected chi connectivity index (χ4v) is 2.75. The first-order valence-corrected chi connectivity index (χ1v) is 7.95. The standard InChI is InChI=1S/C17H22N2O5/c1-24-10-8-15(20)18-13-6-4-5-12(11-13)16(21)19-9-3-2-7-14(19)17(22)23/h4-6,11,14H,2-3,7-10H2,1H3,(H,18,20)(H,22,23). The third kappa shape index (κ3) is 4.55. The lowest BCUT2D eigenvalue weighted by atomic mass is 10.0. The number of amides is 2. The second-order valence-electron chi connectivity index (χ2n) is 5.72. The molecule has 1 heterocycles. The number of benzene rings is 1. The third-order valence-electron chi connectivity index (χ3n) is 3.98. The normalized spacial score (nSPS) is 17.4. The topological polar surface area (TPSA) is 95.9 Å². The van der Waals surface area contributed by atoms with Crippen LogP contribution in [0.3, 0.4) is 0 Å². The molecule has 1 unspecified atom stereocenters. The maximum absolute atomic E-state index is 12.7. The predicted molar refractivity (Wildman–Crippen MR) is 87.9 cm³/mol. The number of anilines is 1. The van der Waals surface area contributed by atoms with Crippen molar-refractivity contribution < 1.29 is 24.2 Å². The molecule has 24 heavy (non-hydrogen) atoms. The minimum absolute atomic E-state index is 0.206. The number of carboxylic acids is 1. The number of ether oxygens (including phenoxy) is 1. The molecule has 2 amide bonds. The molecule has 0 aromatic heterocycles. The van der Waals surface area contributed by atoms with Crippen LogP contribution < -0.4 is 5.32 Å². The van der Waals surface area contributed by atoms with Crippen molar-refractivity contribution in [1.82, 2.24) is 4.90 Å². The molecular weight excluding hydrogens is 312 g/mol. The number of nitrogens with zero attached hydrogens (tertiary/aromatic N) is 1. The van der Waals surface area contributed by atoms with Crippen LogP contribution in [0.2, 0.25) is 0 Å². The van der Waals surface area contributed by atoms with Gasteiger partial charge in [-0.15, -0.1) is 0 Å². The number of piperidine rings is 1. The van der Waals surface area contributed by atoms with Crippen LogP contribution in [0.1, 0.15) is 36.0 Å². The van der Waals surface area contributed by atoms with Crippen LogP contribution in [0.4, 0.5) is 5.69 Å². The van der Waals surface area contributed by atoms with E-state index < -0.39 is 12.0 Å². The van der Waals surface area contributed by atoms with Crippen LogP contribution in [0.25, 0.3) is 0 Å². The van der Waals surface area contributed by atoms with Gasteiger partial charge in [-0.3, -0.25) is 9.59 Å². The van der Waals surface area contributed by atoms with Gasteiger partial charge in [-0.1, -0.05) is 6.07 Å². The molecule has 1 fully saturated rings. The second kappa shape index (κ2) is 8.44. The lowest BCUT2D eigenvalue weighted by molar-refractivity contribution is -0.143. The molecule has 0 saturated carbocycles. The van der Waals surface area contributed by atoms with Crippen molar-refractivity contribution in [3.8, 4) is 0 Å². The lowest BCUT2D eigenvalue weighted by Gasteiger charge is -2.33. The van der Waals surface area contributed by atoms with Crippen LogP contribution in [-0.2, 0) is 14.3 Å². The Labute approximate surface area is 140 Å². The molecule has 0 bridgehead atoms. The maximum atomic E-state index is 12.7. The number of hydrogen-bond acceptors (Lipinski definition) is 4. The molecule has 1 aromatic carbocycles. The van der Waals surface area contributed by atoms with Gasteiger partial charge in [0, 0.05) is 24.9 Å². The highest BCUT2D eigenvalue weighted by molar-refractivity contribution is 5.99. The van der Waals surface area contributed by atoms with Crippen molar-refractivity contribution in [2.45, 2.75) is 31.7 Å². The highest BCUT2D eigenvalue weighted by Crippen LogP contribution is 2.21. The van der Waals surface area contributed by atoms with Crippen molar-refractivity contribution in [3.05, 3.63) is 29.8 Å². The molecule has 0 aliphatic carbocycles. The van der Waals surface area contributed by atoms with Crippen LogP contribution in [0.15, 0.2) is 24.3 Å². The molecule has 1 aliphatic heterocycles. The van der Waals surface area contributed by atoms with Crippen molar-refractivity contribution in [1.29, 1.82) is 0 Å². The van der Waals surface area contributed by atoms with E-state index in [1.54, 1.807) is 24.3 Å². The zero-order chi connectivity index (χ0) is 17.5. The van der Waals surface area contributed by atoms with Gasteiger partial charge >= 0.3 is 5.97 Å². The van der Waals surface area contributed by atoms with Crippen molar-refractivity contribution in [3.63, 3.8) is 0 Å². The van der Waals surface area contributed by atoms with Gasteiger partial charge in [0.2, 0.25) is 5.91 Å². The number of hydrogen-bond donors (Lipinski definition) is 2. The molecular formula is C17H22N2O5. The lowest BCUT2D eigenvalue weighted by Crippen LogP contribution is -2.48. The average Bonchev–Trinajstić information content (AvgIpc) is 2.59. The SMILES string of the molecule is COCCC(=O)Nc1cccc(C(=O)N2CCCCC2C(=O)O)c1. The van der Waals surface area contributed by atoms with Gasteiger partial charge in [0.25, 0.3) is 5.91 Å². The van der Waals surface area contributed by atoms with Crippen LogP contribution in [0.5, 0.6) is 0 Å². The predicted octanol–water partition coefficient (Wildman–Crippen LogP) is 1.74. The summed E-state index contributed by atoms with van der Waals surface area (Å²) in [5.41, 5.74) is 0.874. The Balaban J connectivity index is 2.10. The quantitative estimate of drug-likeness (QED) is 0.826. The zero-order valence-corrected chi connectivity index (χ0v) is 13.7. The fraction of sp³-hybridized carbons (Fsp3) is 0.471. The minimum atomic E-state index is -0.980. The minimum Gasteiger partial charge on any atom is -0.480 e. The van der Waals surface area contributed by atoms with Gasteiger partial charge < -0.3 is 20.1 Å². The summed E-state index contributed by atoms with van der Waals surface area (Å²) in [6, 6.07) is 5.76. The van der Waals surface area contributed by atoms with E-state index in [0.717, 1.165) is 12.8 Å². The smallest absolute Gasteiger partial charge is 0.326 e. The highest BCUT2D eigenvalue weighted by atomic mass is 16.5. The van der Waals surface area contributed by atoms with Gasteiger partial charge in [-0.2, -0.15) is 0 Å². The van der Waals surface area contributed by atoms with E-state index in [9.17, 15) is 19.5 Å². The summed E-state index contributed by atoms with van der Waals surface area (Å²) in [7, 11) is 1.52. The monoisotopic (exact) mass is 334 g/mol. The molecule has 2 N–H and O–H groups in total. The van der Waals surface area contributed by atoms with Gasteiger partial charge in [-0.25, -0.2) is 4.79 Å². The summed E-state index contributed by atoms with van der Waals surface area (Å²) in [4.78, 5) is 37.1. The molecule has 0 radical (unpaired) electrons. The number of aliphatic carboxylic acids is 1. The van der Waals surface area contributed by atoms with Crippen molar-refractivity contribution in [2.24, 2.45) is 0 Å². The Morgan fingerprint density at radius 2 is 2.12 bits per heavy atom. The van der Waals surface area contributed by atoms with E-state index in [-0.39, 0.29) is 18.2 Å². The summed E-state index contributed by atoms with van der Waals surface area (Å²) in [6.07, 6.45) is 2.29. The second-order valence-corrected chi connectivity index (χ2v) is 5.72. The van der Waals surface area contributed by atoms with Crippen LogP contribution in [-0.4, -0.2) is 54.1 Å². The molecule has 1 aromatic rings. The molecule has 1 atom stereocenters. The maximum Gasteiger partial charge on any atom is 0.326 e. The average molecular weight is 334 g/mol. The van der Waals surface area contributed by atoms with Crippen LogP contribution >= 0.6 is 0 Å². The zero-order valence-electron chi connectivity index (χ0n) is 13.7. The Morgan fingerprint density at radius 3 is 2.83 bits per heavy atom. The molecule has 7 heteroatoms. The van der Waals surface area contributed by atoms with Crippen LogP contribution in [0, 0.1) is 0 Å². The first-order valence-electron chi connectivity index (χ1n) is 7.95. The largest absolute Gasteiger partial charge is 0.480 e. The molecule has 130 valence electrons. The number of carboxylic acid groups (broad SMARTS) is 1. The first-order chi connectivity index (χ1) is 11.5. The summed E-state index contributed by atoms with van der Waals surface area (Å²) in [5.74, 6) is -1.51.